The van der Waals surface area contributed by atoms with Crippen LogP contribution in [0, 0.1) is 0 Å². The molecule has 1 aromatic heterocycles. The van der Waals surface area contributed by atoms with E-state index in [0.717, 1.165) is 0 Å². The van der Waals surface area contributed by atoms with E-state index in [2.05, 4.69) is 13.0 Å². The molecule has 5 heteroatoms. The Hall–Kier alpha value is -1.07. The molecule has 94 valence electrons. The van der Waals surface area contributed by atoms with Crippen molar-refractivity contribution in [1.82, 2.24) is 9.80 Å². The fourth-order valence-corrected chi connectivity index (χ4v) is 2.69. The molecule has 0 radical (unpaired) electrons. The highest BCUT2D eigenvalue weighted by molar-refractivity contribution is 7.10. The van der Waals surface area contributed by atoms with Gasteiger partial charge in [-0.05, 0) is 18.4 Å². The van der Waals surface area contributed by atoms with Crippen LogP contribution in [0.1, 0.15) is 17.8 Å². The number of hydrogen-bond acceptors (Lipinski definition) is 3. The van der Waals surface area contributed by atoms with Crippen molar-refractivity contribution >= 4 is 17.4 Å². The lowest BCUT2D eigenvalue weighted by atomic mass is 10.2. The van der Waals surface area contributed by atoms with Gasteiger partial charge in [-0.15, -0.1) is 11.3 Å². The number of rotatable bonds is 2. The van der Waals surface area contributed by atoms with Gasteiger partial charge in [-0.2, -0.15) is 0 Å². The van der Waals surface area contributed by atoms with Crippen LogP contribution >= 0.6 is 11.3 Å². The van der Waals surface area contributed by atoms with Gasteiger partial charge in [-0.3, -0.25) is 0 Å². The summed E-state index contributed by atoms with van der Waals surface area (Å²) in [6.07, 6.45) is 0. The van der Waals surface area contributed by atoms with Crippen LogP contribution < -0.4 is 0 Å². The van der Waals surface area contributed by atoms with Gasteiger partial charge in [0, 0.05) is 25.0 Å². The molecule has 0 spiro atoms. The van der Waals surface area contributed by atoms with Crippen molar-refractivity contribution < 1.29 is 9.53 Å². The van der Waals surface area contributed by atoms with Crippen LogP contribution in [0.4, 0.5) is 4.79 Å². The standard InChI is InChI=1S/C12H18N2O2S/c1-10(11-4-3-9-17-11)13(2)12(15)14-5-7-16-8-6-14/h3-4,9-10H,5-8H2,1-2H3. The summed E-state index contributed by atoms with van der Waals surface area (Å²) in [7, 11) is 1.86. The average molecular weight is 254 g/mol. The maximum Gasteiger partial charge on any atom is 0.320 e. The molecule has 1 saturated heterocycles. The lowest BCUT2D eigenvalue weighted by Crippen LogP contribution is -2.47. The Morgan fingerprint density at radius 1 is 1.53 bits per heavy atom. The molecule has 4 nitrogen and oxygen atoms in total. The summed E-state index contributed by atoms with van der Waals surface area (Å²) in [6, 6.07) is 4.31. The first-order chi connectivity index (χ1) is 8.20. The minimum atomic E-state index is 0.0919. The Morgan fingerprint density at radius 3 is 2.82 bits per heavy atom. The van der Waals surface area contributed by atoms with Crippen molar-refractivity contribution in [3.05, 3.63) is 22.4 Å². The third-order valence-electron chi connectivity index (χ3n) is 3.12. The molecule has 0 N–H and O–H groups in total. The number of carbonyl (C=O) groups excluding carboxylic acids is 1. The van der Waals surface area contributed by atoms with E-state index >= 15 is 0 Å². The molecular weight excluding hydrogens is 236 g/mol. The lowest BCUT2D eigenvalue weighted by Gasteiger charge is -2.33. The number of nitrogens with zero attached hydrogens (tertiary/aromatic N) is 2. The van der Waals surface area contributed by atoms with Gasteiger partial charge < -0.3 is 14.5 Å². The maximum atomic E-state index is 12.2. The Bertz CT molecular complexity index is 361. The molecular formula is C12H18N2O2S. The smallest absolute Gasteiger partial charge is 0.320 e. The number of carbonyl (C=O) groups is 1. The van der Waals surface area contributed by atoms with Crippen LogP contribution in [0.25, 0.3) is 0 Å². The van der Waals surface area contributed by atoms with E-state index in [4.69, 9.17) is 4.74 Å². The Kier molecular flexibility index (Phi) is 4.02. The monoisotopic (exact) mass is 254 g/mol. The van der Waals surface area contributed by atoms with Crippen LogP contribution in [-0.2, 0) is 4.74 Å². The van der Waals surface area contributed by atoms with E-state index in [1.54, 1.807) is 16.2 Å². The molecule has 1 fully saturated rings. The average Bonchev–Trinajstić information content (AvgIpc) is 2.91. The number of thiophene rings is 1. The van der Waals surface area contributed by atoms with E-state index in [9.17, 15) is 4.79 Å². The zero-order chi connectivity index (χ0) is 12.3. The molecule has 0 bridgehead atoms. The van der Waals surface area contributed by atoms with Gasteiger partial charge >= 0.3 is 6.03 Å². The molecule has 17 heavy (non-hydrogen) atoms. The molecule has 2 amide bonds. The summed E-state index contributed by atoms with van der Waals surface area (Å²) >= 11 is 1.69. The minimum Gasteiger partial charge on any atom is -0.378 e. The van der Waals surface area contributed by atoms with Crippen LogP contribution in [0.2, 0.25) is 0 Å². The highest BCUT2D eigenvalue weighted by Gasteiger charge is 2.24. The summed E-state index contributed by atoms with van der Waals surface area (Å²) in [6.45, 7) is 4.74. The van der Waals surface area contributed by atoms with Crippen molar-refractivity contribution in [2.75, 3.05) is 33.4 Å². The SMILES string of the molecule is CC(c1cccs1)N(C)C(=O)N1CCOCC1. The summed E-state index contributed by atoms with van der Waals surface area (Å²) in [5.41, 5.74) is 0. The maximum absolute atomic E-state index is 12.2. The van der Waals surface area contributed by atoms with Gasteiger partial charge in [0.05, 0.1) is 19.3 Å². The molecule has 0 aliphatic carbocycles. The summed E-state index contributed by atoms with van der Waals surface area (Å²) in [5, 5.41) is 2.04. The number of amides is 2. The van der Waals surface area contributed by atoms with Crippen LogP contribution in [0.15, 0.2) is 17.5 Å². The molecule has 1 unspecified atom stereocenters. The van der Waals surface area contributed by atoms with Crippen molar-refractivity contribution in [2.45, 2.75) is 13.0 Å². The third kappa shape index (κ3) is 2.79. The van der Waals surface area contributed by atoms with Gasteiger partial charge in [-0.1, -0.05) is 6.07 Å². The molecule has 1 aliphatic heterocycles. The van der Waals surface area contributed by atoms with E-state index in [1.807, 2.05) is 23.4 Å². The minimum absolute atomic E-state index is 0.0919. The molecule has 2 rings (SSSR count). The number of ether oxygens (including phenoxy) is 1. The van der Waals surface area contributed by atoms with E-state index in [0.29, 0.717) is 26.3 Å². The predicted molar refractivity (Wildman–Crippen MR) is 68.3 cm³/mol. The summed E-state index contributed by atoms with van der Waals surface area (Å²) < 4.78 is 5.25. The Morgan fingerprint density at radius 2 is 2.24 bits per heavy atom. The van der Waals surface area contributed by atoms with Gasteiger partial charge in [0.2, 0.25) is 0 Å². The Labute approximate surface area is 106 Å². The summed E-state index contributed by atoms with van der Waals surface area (Å²) in [5.74, 6) is 0. The number of urea groups is 1. The van der Waals surface area contributed by atoms with Gasteiger partial charge in [-0.25, -0.2) is 4.79 Å². The Balaban J connectivity index is 1.98. The van der Waals surface area contributed by atoms with Gasteiger partial charge in [0.25, 0.3) is 0 Å². The normalized spacial score (nSPS) is 17.9. The first-order valence-corrected chi connectivity index (χ1v) is 6.71. The van der Waals surface area contributed by atoms with E-state index in [-0.39, 0.29) is 12.1 Å². The van der Waals surface area contributed by atoms with Crippen LogP contribution in [0.3, 0.4) is 0 Å². The van der Waals surface area contributed by atoms with Crippen molar-refractivity contribution in [2.24, 2.45) is 0 Å². The molecule has 2 heterocycles. The molecule has 1 aliphatic rings. The fourth-order valence-electron chi connectivity index (χ4n) is 1.86. The largest absolute Gasteiger partial charge is 0.378 e. The number of morpholine rings is 1. The zero-order valence-corrected chi connectivity index (χ0v) is 11.1. The second-order valence-electron chi connectivity index (χ2n) is 4.18. The summed E-state index contributed by atoms with van der Waals surface area (Å²) in [4.78, 5) is 17.1. The zero-order valence-electron chi connectivity index (χ0n) is 10.3. The van der Waals surface area contributed by atoms with Crippen LogP contribution in [0.5, 0.6) is 0 Å². The molecule has 1 aromatic rings. The molecule has 0 saturated carbocycles. The molecule has 0 aromatic carbocycles. The van der Waals surface area contributed by atoms with Crippen molar-refractivity contribution in [3.63, 3.8) is 0 Å². The third-order valence-corrected chi connectivity index (χ3v) is 4.16. The van der Waals surface area contributed by atoms with Crippen molar-refractivity contribution in [3.8, 4) is 0 Å². The lowest BCUT2D eigenvalue weighted by molar-refractivity contribution is 0.0427. The van der Waals surface area contributed by atoms with E-state index in [1.165, 1.54) is 4.88 Å². The first kappa shape index (κ1) is 12.4. The topological polar surface area (TPSA) is 32.8 Å². The molecule has 1 atom stereocenters. The van der Waals surface area contributed by atoms with Crippen LogP contribution in [-0.4, -0.2) is 49.2 Å². The van der Waals surface area contributed by atoms with Gasteiger partial charge in [0.15, 0.2) is 0 Å². The fraction of sp³-hybridized carbons (Fsp3) is 0.583. The number of hydrogen-bond donors (Lipinski definition) is 0. The second-order valence-corrected chi connectivity index (χ2v) is 5.16. The predicted octanol–water partition coefficient (Wildman–Crippen LogP) is 2.19. The second kappa shape index (κ2) is 5.51. The van der Waals surface area contributed by atoms with E-state index < -0.39 is 0 Å². The highest BCUT2D eigenvalue weighted by Crippen LogP contribution is 2.24. The van der Waals surface area contributed by atoms with Crippen molar-refractivity contribution in [1.29, 1.82) is 0 Å². The first-order valence-electron chi connectivity index (χ1n) is 5.83. The highest BCUT2D eigenvalue weighted by atomic mass is 32.1. The quantitative estimate of drug-likeness (QED) is 0.810. The van der Waals surface area contributed by atoms with Gasteiger partial charge in [0.1, 0.15) is 0 Å².